The molecule has 18 heavy (non-hydrogen) atoms. The van der Waals surface area contributed by atoms with Crippen molar-refractivity contribution in [3.05, 3.63) is 60.7 Å². The first kappa shape index (κ1) is 12.4. The molecule has 1 aromatic heterocycles. The van der Waals surface area contributed by atoms with E-state index >= 15 is 0 Å². The fourth-order valence-electron chi connectivity index (χ4n) is 1.54. The predicted octanol–water partition coefficient (Wildman–Crippen LogP) is 3.90. The molecule has 0 aliphatic heterocycles. The molecule has 0 radical (unpaired) electrons. The molecule has 1 aromatic carbocycles. The van der Waals surface area contributed by atoms with E-state index in [9.17, 15) is 0 Å². The van der Waals surface area contributed by atoms with E-state index < -0.39 is 0 Å². The Hall–Kier alpha value is -2.05. The van der Waals surface area contributed by atoms with Crippen LogP contribution in [0, 0.1) is 11.3 Å². The summed E-state index contributed by atoms with van der Waals surface area (Å²) in [6.45, 7) is 3.68. The Morgan fingerprint density at radius 2 is 2.00 bits per heavy atom. The van der Waals surface area contributed by atoms with Crippen molar-refractivity contribution in [3.8, 4) is 17.3 Å². The van der Waals surface area contributed by atoms with Gasteiger partial charge >= 0.3 is 0 Å². The van der Waals surface area contributed by atoms with Gasteiger partial charge in [-0.2, -0.15) is 5.26 Å². The summed E-state index contributed by atoms with van der Waals surface area (Å²) >= 11 is 1.53. The highest BCUT2D eigenvalue weighted by Gasteiger charge is 2.06. The molecule has 2 nitrogen and oxygen atoms in total. The molecule has 2 rings (SSSR count). The molecule has 3 heteroatoms. The molecule has 0 atom stereocenters. The van der Waals surface area contributed by atoms with Crippen LogP contribution in [0.2, 0.25) is 0 Å². The minimum atomic E-state index is 0.613. The molecule has 0 aliphatic carbocycles. The van der Waals surface area contributed by atoms with E-state index in [-0.39, 0.29) is 0 Å². The Morgan fingerprint density at radius 3 is 2.67 bits per heavy atom. The van der Waals surface area contributed by atoms with Gasteiger partial charge in [-0.25, -0.2) is 4.98 Å². The predicted molar refractivity (Wildman–Crippen MR) is 75.3 cm³/mol. The van der Waals surface area contributed by atoms with Crippen LogP contribution in [0.5, 0.6) is 0 Å². The summed E-state index contributed by atoms with van der Waals surface area (Å²) in [5.74, 6) is 0.750. The molecule has 0 aliphatic rings. The molecular formula is C15H12N2S. The van der Waals surface area contributed by atoms with E-state index in [0.29, 0.717) is 5.56 Å². The first-order chi connectivity index (χ1) is 8.85. The van der Waals surface area contributed by atoms with Crippen molar-refractivity contribution >= 4 is 11.8 Å². The van der Waals surface area contributed by atoms with Gasteiger partial charge in [0.1, 0.15) is 11.1 Å². The lowest BCUT2D eigenvalue weighted by Crippen LogP contribution is -1.91. The molecule has 2 aromatic rings. The maximum absolute atomic E-state index is 9.05. The van der Waals surface area contributed by atoms with E-state index in [4.69, 9.17) is 5.26 Å². The molecule has 0 N–H and O–H groups in total. The van der Waals surface area contributed by atoms with Gasteiger partial charge in [-0.15, -0.1) is 18.3 Å². The maximum Gasteiger partial charge on any atom is 0.115 e. The average Bonchev–Trinajstić information content (AvgIpc) is 2.45. The summed E-state index contributed by atoms with van der Waals surface area (Å²) in [5, 5.41) is 9.81. The summed E-state index contributed by atoms with van der Waals surface area (Å²) in [6, 6.07) is 15.8. The number of pyridine rings is 1. The first-order valence-corrected chi connectivity index (χ1v) is 6.54. The van der Waals surface area contributed by atoms with Gasteiger partial charge in [0.05, 0.1) is 11.3 Å². The Kier molecular flexibility index (Phi) is 4.16. The number of hydrogen-bond donors (Lipinski definition) is 0. The third-order valence-corrected chi connectivity index (χ3v) is 3.38. The summed E-state index contributed by atoms with van der Waals surface area (Å²) in [4.78, 5) is 4.54. The van der Waals surface area contributed by atoms with Gasteiger partial charge in [0, 0.05) is 11.3 Å². The maximum atomic E-state index is 9.05. The van der Waals surface area contributed by atoms with Crippen molar-refractivity contribution in [3.63, 3.8) is 0 Å². The molecular weight excluding hydrogens is 240 g/mol. The highest BCUT2D eigenvalue weighted by atomic mass is 32.2. The van der Waals surface area contributed by atoms with Crippen molar-refractivity contribution in [1.29, 1.82) is 5.26 Å². The van der Waals surface area contributed by atoms with E-state index in [1.807, 2.05) is 48.5 Å². The first-order valence-electron chi connectivity index (χ1n) is 5.55. The van der Waals surface area contributed by atoms with Crippen molar-refractivity contribution in [2.45, 2.75) is 5.03 Å². The molecule has 0 saturated carbocycles. The summed E-state index contributed by atoms with van der Waals surface area (Å²) in [5.41, 5.74) is 2.56. The lowest BCUT2D eigenvalue weighted by atomic mass is 10.1. The standard InChI is InChI=1S/C15H12N2S/c1-2-10-18-15-13(11-16)8-9-14(17-15)12-6-4-3-5-7-12/h2-9H,1,10H2. The van der Waals surface area contributed by atoms with E-state index in [2.05, 4.69) is 17.6 Å². The van der Waals surface area contributed by atoms with Crippen LogP contribution in [0.3, 0.4) is 0 Å². The smallest absolute Gasteiger partial charge is 0.115 e. The SMILES string of the molecule is C=CCSc1nc(-c2ccccc2)ccc1C#N. The largest absolute Gasteiger partial charge is 0.240 e. The van der Waals surface area contributed by atoms with Crippen LogP contribution in [0.4, 0.5) is 0 Å². The number of hydrogen-bond acceptors (Lipinski definition) is 3. The van der Waals surface area contributed by atoms with Gasteiger partial charge in [-0.05, 0) is 12.1 Å². The monoisotopic (exact) mass is 252 g/mol. The number of benzene rings is 1. The Balaban J connectivity index is 2.40. The molecule has 88 valence electrons. The number of thioether (sulfide) groups is 1. The van der Waals surface area contributed by atoms with Crippen LogP contribution >= 0.6 is 11.8 Å². The van der Waals surface area contributed by atoms with Crippen molar-refractivity contribution in [2.24, 2.45) is 0 Å². The van der Waals surface area contributed by atoms with Crippen LogP contribution in [-0.4, -0.2) is 10.7 Å². The normalized spacial score (nSPS) is 9.72. The molecule has 0 saturated heterocycles. The highest BCUT2D eigenvalue weighted by Crippen LogP contribution is 2.25. The molecule has 0 spiro atoms. The van der Waals surface area contributed by atoms with Crippen LogP contribution in [0.15, 0.2) is 60.1 Å². The summed E-state index contributed by atoms with van der Waals surface area (Å²) in [6.07, 6.45) is 1.81. The minimum absolute atomic E-state index is 0.613. The zero-order valence-corrected chi connectivity index (χ0v) is 10.7. The van der Waals surface area contributed by atoms with Gasteiger partial charge in [0.2, 0.25) is 0 Å². The Morgan fingerprint density at radius 1 is 1.22 bits per heavy atom. The molecule has 0 amide bonds. The van der Waals surface area contributed by atoms with Crippen molar-refractivity contribution in [2.75, 3.05) is 5.75 Å². The third-order valence-electron chi connectivity index (χ3n) is 2.39. The van der Waals surface area contributed by atoms with Gasteiger partial charge in [0.15, 0.2) is 0 Å². The van der Waals surface area contributed by atoms with Gasteiger partial charge in [-0.1, -0.05) is 36.4 Å². The van der Waals surface area contributed by atoms with Gasteiger partial charge in [0.25, 0.3) is 0 Å². The average molecular weight is 252 g/mol. The molecule has 1 heterocycles. The number of rotatable bonds is 4. The molecule has 0 bridgehead atoms. The molecule has 0 fully saturated rings. The molecule has 0 unspecified atom stereocenters. The third kappa shape index (κ3) is 2.79. The van der Waals surface area contributed by atoms with Crippen molar-refractivity contribution in [1.82, 2.24) is 4.98 Å². The zero-order chi connectivity index (χ0) is 12.8. The Labute approximate surface area is 111 Å². The summed E-state index contributed by atoms with van der Waals surface area (Å²) in [7, 11) is 0. The second-order valence-electron chi connectivity index (χ2n) is 3.63. The second kappa shape index (κ2) is 6.04. The van der Waals surface area contributed by atoms with Crippen LogP contribution < -0.4 is 0 Å². The van der Waals surface area contributed by atoms with Crippen LogP contribution in [-0.2, 0) is 0 Å². The highest BCUT2D eigenvalue weighted by molar-refractivity contribution is 7.99. The number of nitriles is 1. The Bertz CT molecular complexity index is 585. The quantitative estimate of drug-likeness (QED) is 0.611. The lowest BCUT2D eigenvalue weighted by Gasteiger charge is -2.05. The fourth-order valence-corrected chi connectivity index (χ4v) is 2.25. The van der Waals surface area contributed by atoms with Gasteiger partial charge in [-0.3, -0.25) is 0 Å². The van der Waals surface area contributed by atoms with Gasteiger partial charge < -0.3 is 0 Å². The van der Waals surface area contributed by atoms with Crippen LogP contribution in [0.1, 0.15) is 5.56 Å². The lowest BCUT2D eigenvalue weighted by molar-refractivity contribution is 1.12. The topological polar surface area (TPSA) is 36.7 Å². The number of nitrogens with zero attached hydrogens (tertiary/aromatic N) is 2. The van der Waals surface area contributed by atoms with Crippen LogP contribution in [0.25, 0.3) is 11.3 Å². The number of aromatic nitrogens is 1. The van der Waals surface area contributed by atoms with E-state index in [1.165, 1.54) is 11.8 Å². The van der Waals surface area contributed by atoms with E-state index in [1.54, 1.807) is 0 Å². The zero-order valence-electron chi connectivity index (χ0n) is 9.84. The second-order valence-corrected chi connectivity index (χ2v) is 4.64. The van der Waals surface area contributed by atoms with E-state index in [0.717, 1.165) is 22.0 Å². The minimum Gasteiger partial charge on any atom is -0.240 e. The van der Waals surface area contributed by atoms with Crippen molar-refractivity contribution < 1.29 is 0 Å². The summed E-state index contributed by atoms with van der Waals surface area (Å²) < 4.78 is 0. The fraction of sp³-hybridized carbons (Fsp3) is 0.0667.